The molecule has 2 rings (SSSR count). The van der Waals surface area contributed by atoms with Gasteiger partial charge in [-0.05, 0) is 55.7 Å². The van der Waals surface area contributed by atoms with E-state index in [0.29, 0.717) is 16.9 Å². The maximum absolute atomic E-state index is 12.2. The van der Waals surface area contributed by atoms with Gasteiger partial charge >= 0.3 is 17.8 Å². The molecule has 2 aromatic carbocycles. The number of amides is 2. The molecule has 136 valence electrons. The molecule has 6 nitrogen and oxygen atoms in total. The van der Waals surface area contributed by atoms with Crippen LogP contribution in [0, 0.1) is 6.92 Å². The highest BCUT2D eigenvalue weighted by atomic mass is 16.5. The minimum atomic E-state index is -0.779. The molecule has 0 fully saturated rings. The van der Waals surface area contributed by atoms with Gasteiger partial charge in [-0.2, -0.15) is 0 Å². The Morgan fingerprint density at radius 1 is 0.923 bits per heavy atom. The van der Waals surface area contributed by atoms with E-state index in [2.05, 4.69) is 10.6 Å². The first-order valence-electron chi connectivity index (χ1n) is 8.44. The normalized spacial score (nSPS) is 10.1. The van der Waals surface area contributed by atoms with Crippen molar-refractivity contribution >= 4 is 29.2 Å². The third kappa shape index (κ3) is 4.69. The van der Waals surface area contributed by atoms with Gasteiger partial charge in [0, 0.05) is 11.4 Å². The number of anilines is 2. The fraction of sp³-hybridized carbons (Fsp3) is 0.250. The van der Waals surface area contributed by atoms with Gasteiger partial charge in [-0.1, -0.05) is 25.1 Å². The zero-order valence-electron chi connectivity index (χ0n) is 15.1. The van der Waals surface area contributed by atoms with Gasteiger partial charge in [0.25, 0.3) is 0 Å². The Morgan fingerprint density at radius 3 is 2.19 bits per heavy atom. The lowest BCUT2D eigenvalue weighted by atomic mass is 10.1. The molecule has 2 aromatic rings. The molecule has 0 aliphatic heterocycles. The van der Waals surface area contributed by atoms with Crippen LogP contribution in [0.5, 0.6) is 0 Å². The Hall–Kier alpha value is -3.15. The van der Waals surface area contributed by atoms with Crippen molar-refractivity contribution in [3.8, 4) is 0 Å². The zero-order chi connectivity index (χ0) is 19.1. The number of hydrogen-bond donors (Lipinski definition) is 2. The lowest BCUT2D eigenvalue weighted by molar-refractivity contribution is -0.133. The van der Waals surface area contributed by atoms with Crippen LogP contribution in [0.25, 0.3) is 0 Å². The molecule has 0 spiro atoms. The van der Waals surface area contributed by atoms with Crippen LogP contribution in [0.4, 0.5) is 11.4 Å². The number of rotatable bonds is 5. The second-order valence-corrected chi connectivity index (χ2v) is 5.67. The molecule has 0 heterocycles. The number of ether oxygens (including phenoxy) is 1. The van der Waals surface area contributed by atoms with Crippen molar-refractivity contribution in [2.75, 3.05) is 17.2 Å². The molecule has 0 atom stereocenters. The highest BCUT2D eigenvalue weighted by Crippen LogP contribution is 2.21. The molecular weight excluding hydrogens is 332 g/mol. The van der Waals surface area contributed by atoms with Crippen molar-refractivity contribution in [2.24, 2.45) is 0 Å². The summed E-state index contributed by atoms with van der Waals surface area (Å²) in [4.78, 5) is 35.9. The summed E-state index contributed by atoms with van der Waals surface area (Å²) in [7, 11) is 0. The molecule has 0 saturated heterocycles. The smallest absolute Gasteiger partial charge is 0.338 e. The van der Waals surface area contributed by atoms with Crippen molar-refractivity contribution in [2.45, 2.75) is 27.2 Å². The summed E-state index contributed by atoms with van der Waals surface area (Å²) in [6.45, 7) is 5.87. The summed E-state index contributed by atoms with van der Waals surface area (Å²) in [6.07, 6.45) is 0.744. The lowest BCUT2D eigenvalue weighted by Gasteiger charge is -2.13. The average Bonchev–Trinajstić information content (AvgIpc) is 2.64. The van der Waals surface area contributed by atoms with E-state index in [1.807, 2.05) is 32.0 Å². The predicted molar refractivity (Wildman–Crippen MR) is 100 cm³/mol. The van der Waals surface area contributed by atoms with Gasteiger partial charge in [0.15, 0.2) is 0 Å². The van der Waals surface area contributed by atoms with Gasteiger partial charge in [-0.3, -0.25) is 9.59 Å². The molecule has 6 heteroatoms. The van der Waals surface area contributed by atoms with E-state index in [9.17, 15) is 14.4 Å². The highest BCUT2D eigenvalue weighted by Gasteiger charge is 2.17. The SMILES string of the molecule is CCOC(=O)c1ccc(NC(=O)C(=O)Nc2c(C)cccc2CC)cc1. The molecule has 0 radical (unpaired) electrons. The molecule has 2 N–H and O–H groups in total. The van der Waals surface area contributed by atoms with Gasteiger partial charge in [0.1, 0.15) is 0 Å². The second-order valence-electron chi connectivity index (χ2n) is 5.67. The van der Waals surface area contributed by atoms with Gasteiger partial charge in [-0.15, -0.1) is 0 Å². The number of para-hydroxylation sites is 1. The summed E-state index contributed by atoms with van der Waals surface area (Å²) in [6, 6.07) is 11.8. The number of aryl methyl sites for hydroxylation is 2. The van der Waals surface area contributed by atoms with E-state index >= 15 is 0 Å². The van der Waals surface area contributed by atoms with Crippen LogP contribution in [0.3, 0.4) is 0 Å². The number of hydrogen-bond acceptors (Lipinski definition) is 4. The largest absolute Gasteiger partial charge is 0.462 e. The van der Waals surface area contributed by atoms with E-state index in [1.165, 1.54) is 12.1 Å². The van der Waals surface area contributed by atoms with Crippen LogP contribution in [-0.2, 0) is 20.7 Å². The average molecular weight is 354 g/mol. The topological polar surface area (TPSA) is 84.5 Å². The standard InChI is InChI=1S/C20H22N2O4/c1-4-14-8-6-7-13(3)17(14)22-19(24)18(23)21-16-11-9-15(10-12-16)20(25)26-5-2/h6-12H,4-5H2,1-3H3,(H,21,23)(H,22,24). The van der Waals surface area contributed by atoms with Crippen molar-refractivity contribution < 1.29 is 19.1 Å². The molecule has 2 amide bonds. The summed E-state index contributed by atoms with van der Waals surface area (Å²) >= 11 is 0. The Balaban J connectivity index is 2.04. The predicted octanol–water partition coefficient (Wildman–Crippen LogP) is 3.31. The molecule has 0 bridgehead atoms. The van der Waals surface area contributed by atoms with Crippen molar-refractivity contribution in [1.29, 1.82) is 0 Å². The van der Waals surface area contributed by atoms with Crippen LogP contribution < -0.4 is 10.6 Å². The lowest BCUT2D eigenvalue weighted by Crippen LogP contribution is -2.29. The van der Waals surface area contributed by atoms with Gasteiger partial charge in [0.2, 0.25) is 0 Å². The summed E-state index contributed by atoms with van der Waals surface area (Å²) in [5, 5.41) is 5.18. The van der Waals surface area contributed by atoms with Gasteiger partial charge < -0.3 is 15.4 Å². The third-order valence-corrected chi connectivity index (χ3v) is 3.84. The van der Waals surface area contributed by atoms with E-state index in [-0.39, 0.29) is 6.61 Å². The first-order chi connectivity index (χ1) is 12.5. The van der Waals surface area contributed by atoms with Gasteiger partial charge in [-0.25, -0.2) is 4.79 Å². The quantitative estimate of drug-likeness (QED) is 0.637. The van der Waals surface area contributed by atoms with Crippen LogP contribution in [0.2, 0.25) is 0 Å². The fourth-order valence-electron chi connectivity index (χ4n) is 2.46. The number of esters is 1. The first kappa shape index (κ1) is 19.2. The Kier molecular flexibility index (Phi) is 6.49. The summed E-state index contributed by atoms with van der Waals surface area (Å²) in [5.41, 5.74) is 3.31. The number of carbonyl (C=O) groups excluding carboxylic acids is 3. The van der Waals surface area contributed by atoms with Gasteiger partial charge in [0.05, 0.1) is 12.2 Å². The minimum absolute atomic E-state index is 0.288. The summed E-state index contributed by atoms with van der Waals surface area (Å²) in [5.74, 6) is -1.96. The zero-order valence-corrected chi connectivity index (χ0v) is 15.1. The molecule has 0 aromatic heterocycles. The van der Waals surface area contributed by atoms with Crippen LogP contribution >= 0.6 is 0 Å². The van der Waals surface area contributed by atoms with Crippen molar-refractivity contribution in [1.82, 2.24) is 0 Å². The molecule has 0 aliphatic carbocycles. The molecule has 0 unspecified atom stereocenters. The fourth-order valence-corrected chi connectivity index (χ4v) is 2.46. The molecule has 0 saturated carbocycles. The number of benzene rings is 2. The molecule has 0 aliphatic rings. The summed E-state index contributed by atoms with van der Waals surface area (Å²) < 4.78 is 4.90. The van der Waals surface area contributed by atoms with Crippen LogP contribution in [0.1, 0.15) is 35.3 Å². The number of carbonyl (C=O) groups is 3. The Labute approximate surface area is 152 Å². The first-order valence-corrected chi connectivity index (χ1v) is 8.44. The number of nitrogens with one attached hydrogen (secondary N) is 2. The second kappa shape index (κ2) is 8.80. The van der Waals surface area contributed by atoms with Crippen LogP contribution in [-0.4, -0.2) is 24.4 Å². The maximum atomic E-state index is 12.2. The maximum Gasteiger partial charge on any atom is 0.338 e. The highest BCUT2D eigenvalue weighted by molar-refractivity contribution is 6.43. The Bertz CT molecular complexity index is 813. The third-order valence-electron chi connectivity index (χ3n) is 3.84. The van der Waals surface area contributed by atoms with Crippen molar-refractivity contribution in [3.05, 3.63) is 59.2 Å². The Morgan fingerprint density at radius 2 is 1.58 bits per heavy atom. The minimum Gasteiger partial charge on any atom is -0.462 e. The van der Waals surface area contributed by atoms with E-state index in [0.717, 1.165) is 17.5 Å². The van der Waals surface area contributed by atoms with E-state index < -0.39 is 17.8 Å². The van der Waals surface area contributed by atoms with Crippen molar-refractivity contribution in [3.63, 3.8) is 0 Å². The van der Waals surface area contributed by atoms with Crippen LogP contribution in [0.15, 0.2) is 42.5 Å². The van der Waals surface area contributed by atoms with E-state index in [4.69, 9.17) is 4.74 Å². The molecular formula is C20H22N2O4. The van der Waals surface area contributed by atoms with E-state index in [1.54, 1.807) is 19.1 Å². The monoisotopic (exact) mass is 354 g/mol. The molecule has 26 heavy (non-hydrogen) atoms.